The molecule has 1 amide bonds. The standard InChI is InChI=1S/C21H24FN7O2/c1-11(2)24-20(30)13-6-5-12(9-17(13)31-4)19-26-21(29(3)28-19)25-16-8-7-15-14(18(16)22)10-23-27-15/h5-11,19,28H,1-4H3,(H,23,27)(H,24,30)(H,25,26). The number of ether oxygens (including phenoxy) is 1. The van der Waals surface area contributed by atoms with Crippen molar-refractivity contribution in [2.45, 2.75) is 26.1 Å². The molecule has 0 fully saturated rings. The normalized spacial score (nSPS) is 16.0. The van der Waals surface area contributed by atoms with Crippen LogP contribution in [-0.4, -0.2) is 47.3 Å². The van der Waals surface area contributed by atoms with Gasteiger partial charge in [-0.15, -0.1) is 0 Å². The highest BCUT2D eigenvalue weighted by molar-refractivity contribution is 5.98. The van der Waals surface area contributed by atoms with Gasteiger partial charge < -0.3 is 15.4 Å². The summed E-state index contributed by atoms with van der Waals surface area (Å²) in [5, 5.41) is 14.6. The van der Waals surface area contributed by atoms with Crippen LogP contribution in [0.5, 0.6) is 5.75 Å². The van der Waals surface area contributed by atoms with Crippen LogP contribution in [0.25, 0.3) is 10.9 Å². The van der Waals surface area contributed by atoms with Crippen LogP contribution < -0.4 is 20.8 Å². The lowest BCUT2D eigenvalue weighted by Crippen LogP contribution is -2.37. The van der Waals surface area contributed by atoms with Crippen molar-refractivity contribution in [2.24, 2.45) is 4.99 Å². The van der Waals surface area contributed by atoms with Crippen molar-refractivity contribution in [3.63, 3.8) is 0 Å². The molecule has 0 spiro atoms. The fourth-order valence-electron chi connectivity index (χ4n) is 3.35. The number of halogens is 1. The van der Waals surface area contributed by atoms with Crippen molar-refractivity contribution in [2.75, 3.05) is 19.5 Å². The van der Waals surface area contributed by atoms with Crippen LogP contribution in [0.15, 0.2) is 41.5 Å². The number of nitrogens with one attached hydrogen (secondary N) is 4. The smallest absolute Gasteiger partial charge is 0.255 e. The van der Waals surface area contributed by atoms with E-state index in [0.717, 1.165) is 5.56 Å². The molecule has 4 rings (SSSR count). The van der Waals surface area contributed by atoms with Crippen LogP contribution in [0.1, 0.15) is 35.9 Å². The van der Waals surface area contributed by atoms with Gasteiger partial charge in [0.15, 0.2) is 5.82 Å². The molecule has 0 saturated heterocycles. The molecule has 4 N–H and O–H groups in total. The third-order valence-electron chi connectivity index (χ3n) is 4.90. The van der Waals surface area contributed by atoms with Gasteiger partial charge in [-0.2, -0.15) is 5.10 Å². The van der Waals surface area contributed by atoms with Crippen molar-refractivity contribution in [1.29, 1.82) is 0 Å². The molecular weight excluding hydrogens is 401 g/mol. The highest BCUT2D eigenvalue weighted by Gasteiger charge is 2.25. The maximum absolute atomic E-state index is 14.7. The van der Waals surface area contributed by atoms with Crippen molar-refractivity contribution in [1.82, 2.24) is 25.9 Å². The van der Waals surface area contributed by atoms with Gasteiger partial charge in [0.25, 0.3) is 5.91 Å². The first-order chi connectivity index (χ1) is 14.9. The lowest BCUT2D eigenvalue weighted by molar-refractivity contribution is 0.0940. The predicted octanol–water partition coefficient (Wildman–Crippen LogP) is 2.77. The molecule has 0 saturated carbocycles. The van der Waals surface area contributed by atoms with E-state index in [1.807, 2.05) is 19.9 Å². The topological polar surface area (TPSA) is 107 Å². The minimum absolute atomic E-state index is 0.0157. The minimum Gasteiger partial charge on any atom is -0.496 e. The molecule has 1 aromatic heterocycles. The van der Waals surface area contributed by atoms with Crippen LogP contribution in [0.3, 0.4) is 0 Å². The van der Waals surface area contributed by atoms with E-state index in [0.29, 0.717) is 33.9 Å². The van der Waals surface area contributed by atoms with Gasteiger partial charge in [0.2, 0.25) is 5.96 Å². The lowest BCUT2D eigenvalue weighted by atomic mass is 10.1. The number of benzene rings is 2. The number of H-pyrrole nitrogens is 1. The van der Waals surface area contributed by atoms with Gasteiger partial charge in [-0.05, 0) is 43.7 Å². The summed E-state index contributed by atoms with van der Waals surface area (Å²) in [5.74, 6) is 0.291. The first kappa shape index (κ1) is 20.6. The Labute approximate surface area is 178 Å². The second kappa shape index (κ2) is 8.23. The summed E-state index contributed by atoms with van der Waals surface area (Å²) in [6.07, 6.45) is 1.02. The van der Waals surface area contributed by atoms with E-state index in [9.17, 15) is 9.18 Å². The minimum atomic E-state index is -0.427. The number of aliphatic imine (C=N–C) groups is 1. The van der Waals surface area contributed by atoms with E-state index < -0.39 is 12.0 Å². The second-order valence-corrected chi connectivity index (χ2v) is 7.51. The lowest BCUT2D eigenvalue weighted by Gasteiger charge is -2.18. The number of hydrazine groups is 1. The summed E-state index contributed by atoms with van der Waals surface area (Å²) in [5.41, 5.74) is 5.35. The SMILES string of the molecule is COc1cc(C2N=C(Nc3ccc4[nH]ncc4c3F)N(C)N2)ccc1C(=O)NC(C)C. The average Bonchev–Trinajstić information content (AvgIpc) is 3.36. The molecule has 1 atom stereocenters. The summed E-state index contributed by atoms with van der Waals surface area (Å²) in [4.78, 5) is 17.0. The molecule has 3 aromatic rings. The molecule has 9 nitrogen and oxygen atoms in total. The monoisotopic (exact) mass is 425 g/mol. The molecule has 2 aromatic carbocycles. The van der Waals surface area contributed by atoms with Crippen LogP contribution in [0, 0.1) is 5.82 Å². The first-order valence-electron chi connectivity index (χ1n) is 9.82. The zero-order valence-electron chi connectivity index (χ0n) is 17.7. The van der Waals surface area contributed by atoms with Crippen LogP contribution >= 0.6 is 0 Å². The Hall–Kier alpha value is -3.66. The van der Waals surface area contributed by atoms with Crippen LogP contribution in [0.4, 0.5) is 10.1 Å². The van der Waals surface area contributed by atoms with Crippen molar-refractivity contribution >= 4 is 28.5 Å². The molecular formula is C21H24FN7O2. The van der Waals surface area contributed by atoms with Gasteiger partial charge in [-0.3, -0.25) is 14.9 Å². The number of hydrogen-bond acceptors (Lipinski definition) is 7. The quantitative estimate of drug-likeness (QED) is 0.501. The third kappa shape index (κ3) is 4.02. The van der Waals surface area contributed by atoms with E-state index in [2.05, 4.69) is 31.2 Å². The van der Waals surface area contributed by atoms with Gasteiger partial charge >= 0.3 is 0 Å². The van der Waals surface area contributed by atoms with Gasteiger partial charge in [0, 0.05) is 13.1 Å². The van der Waals surface area contributed by atoms with Crippen LogP contribution in [-0.2, 0) is 0 Å². The maximum Gasteiger partial charge on any atom is 0.255 e. The molecule has 1 aliphatic heterocycles. The first-order valence-corrected chi connectivity index (χ1v) is 9.82. The van der Waals surface area contributed by atoms with E-state index >= 15 is 0 Å². The Morgan fingerprint density at radius 2 is 2.10 bits per heavy atom. The Morgan fingerprint density at radius 3 is 2.84 bits per heavy atom. The number of nitrogens with zero attached hydrogens (tertiary/aromatic N) is 3. The number of aromatic nitrogens is 2. The van der Waals surface area contributed by atoms with E-state index in [1.165, 1.54) is 13.3 Å². The maximum atomic E-state index is 14.7. The average molecular weight is 425 g/mol. The number of methoxy groups -OCH3 is 1. The highest BCUT2D eigenvalue weighted by atomic mass is 19.1. The second-order valence-electron chi connectivity index (χ2n) is 7.51. The summed E-state index contributed by atoms with van der Waals surface area (Å²) < 4.78 is 20.2. The molecule has 1 aliphatic rings. The van der Waals surface area contributed by atoms with Gasteiger partial charge in [0.1, 0.15) is 11.9 Å². The Bertz CT molecular complexity index is 1160. The molecule has 10 heteroatoms. The van der Waals surface area contributed by atoms with Crippen molar-refractivity contribution in [3.8, 4) is 5.75 Å². The predicted molar refractivity (Wildman–Crippen MR) is 116 cm³/mol. The molecule has 0 radical (unpaired) electrons. The third-order valence-corrected chi connectivity index (χ3v) is 4.90. The highest BCUT2D eigenvalue weighted by Crippen LogP contribution is 2.28. The zero-order valence-corrected chi connectivity index (χ0v) is 17.7. The number of fused-ring (bicyclic) bond motifs is 1. The Balaban J connectivity index is 1.58. The zero-order chi connectivity index (χ0) is 22.1. The van der Waals surface area contributed by atoms with Gasteiger partial charge in [-0.25, -0.2) is 14.8 Å². The summed E-state index contributed by atoms with van der Waals surface area (Å²) >= 11 is 0. The molecule has 0 aliphatic carbocycles. The Morgan fingerprint density at radius 1 is 1.29 bits per heavy atom. The Kier molecular flexibility index (Phi) is 5.47. The molecule has 31 heavy (non-hydrogen) atoms. The molecule has 0 bridgehead atoms. The number of amides is 1. The van der Waals surface area contributed by atoms with Gasteiger partial charge in [-0.1, -0.05) is 6.07 Å². The fraction of sp³-hybridized carbons (Fsp3) is 0.286. The van der Waals surface area contributed by atoms with E-state index in [-0.39, 0.29) is 11.9 Å². The number of carbonyl (C=O) groups excluding carboxylic acids is 1. The number of guanidine groups is 1. The van der Waals surface area contributed by atoms with Gasteiger partial charge in [0.05, 0.1) is 35.5 Å². The molecule has 162 valence electrons. The number of rotatable bonds is 5. The fourth-order valence-corrected chi connectivity index (χ4v) is 3.35. The summed E-state index contributed by atoms with van der Waals surface area (Å²) in [7, 11) is 3.30. The van der Waals surface area contributed by atoms with E-state index in [1.54, 1.807) is 36.3 Å². The number of anilines is 1. The molecule has 1 unspecified atom stereocenters. The summed E-state index contributed by atoms with van der Waals surface area (Å²) in [6.45, 7) is 3.79. The van der Waals surface area contributed by atoms with Crippen LogP contribution in [0.2, 0.25) is 0 Å². The summed E-state index contributed by atoms with van der Waals surface area (Å²) in [6, 6.07) is 8.69. The largest absolute Gasteiger partial charge is 0.496 e. The van der Waals surface area contributed by atoms with Crippen molar-refractivity contribution < 1.29 is 13.9 Å². The number of aromatic amines is 1. The molecule has 2 heterocycles. The number of carbonyl (C=O) groups is 1. The van der Waals surface area contributed by atoms with E-state index in [4.69, 9.17) is 4.74 Å². The van der Waals surface area contributed by atoms with Crippen molar-refractivity contribution in [3.05, 3.63) is 53.5 Å². The number of hydrogen-bond donors (Lipinski definition) is 4.